The van der Waals surface area contributed by atoms with Crippen LogP contribution < -0.4 is 10.1 Å². The average molecular weight is 435 g/mol. The van der Waals surface area contributed by atoms with Gasteiger partial charge in [-0.3, -0.25) is 9.78 Å². The molecule has 7 heteroatoms. The molecule has 1 aliphatic rings. The van der Waals surface area contributed by atoms with Crippen molar-refractivity contribution in [3.63, 3.8) is 0 Å². The summed E-state index contributed by atoms with van der Waals surface area (Å²) in [5.41, 5.74) is 2.76. The Hall–Kier alpha value is -3.35. The monoisotopic (exact) mass is 434 g/mol. The molecule has 0 spiro atoms. The zero-order chi connectivity index (χ0) is 22.7. The molecule has 0 radical (unpaired) electrons. The van der Waals surface area contributed by atoms with Crippen molar-refractivity contribution in [2.24, 2.45) is 5.41 Å². The van der Waals surface area contributed by atoms with Gasteiger partial charge in [-0.15, -0.1) is 0 Å². The van der Waals surface area contributed by atoms with Crippen LogP contribution in [0.1, 0.15) is 50.9 Å². The molecule has 2 heterocycles. The van der Waals surface area contributed by atoms with Gasteiger partial charge in [0.25, 0.3) is 5.91 Å². The Kier molecular flexibility index (Phi) is 6.17. The Balaban J connectivity index is 1.55. The van der Waals surface area contributed by atoms with Crippen LogP contribution in [0.15, 0.2) is 55.0 Å². The highest BCUT2D eigenvalue weighted by Gasteiger charge is 2.35. The lowest BCUT2D eigenvalue weighted by Crippen LogP contribution is -2.43. The van der Waals surface area contributed by atoms with E-state index in [1.807, 2.05) is 25.3 Å². The van der Waals surface area contributed by atoms with E-state index in [1.165, 1.54) is 24.3 Å². The number of rotatable bonds is 6. The molecule has 0 aliphatic heterocycles. The van der Waals surface area contributed by atoms with Crippen LogP contribution in [0, 0.1) is 11.2 Å². The first-order valence-corrected chi connectivity index (χ1v) is 10.8. The van der Waals surface area contributed by atoms with E-state index in [0.717, 1.165) is 29.7 Å². The number of fused-ring (bicyclic) bond motifs is 1. The lowest BCUT2D eigenvalue weighted by Gasteiger charge is -2.37. The smallest absolute Gasteiger partial charge is 0.261 e. The van der Waals surface area contributed by atoms with E-state index in [2.05, 4.69) is 29.1 Å². The van der Waals surface area contributed by atoms with Crippen LogP contribution in [0.2, 0.25) is 0 Å². The molecular weight excluding hydrogens is 407 g/mol. The fourth-order valence-corrected chi connectivity index (χ4v) is 4.08. The molecule has 1 aromatic carbocycles. The van der Waals surface area contributed by atoms with Crippen molar-refractivity contribution < 1.29 is 13.9 Å². The summed E-state index contributed by atoms with van der Waals surface area (Å²) in [7, 11) is 0. The van der Waals surface area contributed by atoms with E-state index in [4.69, 9.17) is 9.72 Å². The van der Waals surface area contributed by atoms with Gasteiger partial charge in [-0.2, -0.15) is 0 Å². The SMILES string of the molecule is CC[C@H](Oc1ccc(F)cc1)C(=O)N[C@@H]1CC(C)(C)Cc2nc(-c3ccncc3)ncc21. The van der Waals surface area contributed by atoms with Gasteiger partial charge in [-0.25, -0.2) is 14.4 Å². The highest BCUT2D eigenvalue weighted by Crippen LogP contribution is 2.40. The van der Waals surface area contributed by atoms with Crippen LogP contribution in [0.25, 0.3) is 11.4 Å². The van der Waals surface area contributed by atoms with E-state index >= 15 is 0 Å². The Morgan fingerprint density at radius 2 is 1.94 bits per heavy atom. The summed E-state index contributed by atoms with van der Waals surface area (Å²) in [4.78, 5) is 26.5. The third-order valence-electron chi connectivity index (χ3n) is 5.69. The van der Waals surface area contributed by atoms with Crippen LogP contribution >= 0.6 is 0 Å². The molecule has 6 nitrogen and oxygen atoms in total. The van der Waals surface area contributed by atoms with Gasteiger partial charge in [-0.1, -0.05) is 20.8 Å². The molecular formula is C25H27FN4O2. The molecule has 0 bridgehead atoms. The first-order valence-electron chi connectivity index (χ1n) is 10.8. The molecule has 0 saturated heterocycles. The lowest BCUT2D eigenvalue weighted by atomic mass is 9.74. The predicted octanol–water partition coefficient (Wildman–Crippen LogP) is 4.67. The number of nitrogens with one attached hydrogen (secondary N) is 1. The Bertz CT molecular complexity index is 1090. The third kappa shape index (κ3) is 4.93. The van der Waals surface area contributed by atoms with Crippen molar-refractivity contribution in [1.29, 1.82) is 0 Å². The number of carbonyl (C=O) groups is 1. The number of hydrogen-bond acceptors (Lipinski definition) is 5. The van der Waals surface area contributed by atoms with Crippen molar-refractivity contribution in [2.45, 2.75) is 52.2 Å². The minimum Gasteiger partial charge on any atom is -0.481 e. The number of carbonyl (C=O) groups excluding carboxylic acids is 1. The molecule has 0 fully saturated rings. The lowest BCUT2D eigenvalue weighted by molar-refractivity contribution is -0.129. The van der Waals surface area contributed by atoms with E-state index in [-0.39, 0.29) is 23.2 Å². The molecule has 0 saturated carbocycles. The van der Waals surface area contributed by atoms with Gasteiger partial charge in [0, 0.05) is 29.7 Å². The largest absolute Gasteiger partial charge is 0.481 e. The standard InChI is InChI=1S/C25H27FN4O2/c1-4-22(32-18-7-5-17(26)6-8-18)24(31)30-21-14-25(2,3)13-20-19(21)15-28-23(29-20)16-9-11-27-12-10-16/h5-12,15,21-22H,4,13-14H2,1-3H3,(H,30,31)/t21-,22+/m1/s1. The molecule has 3 aromatic rings. The highest BCUT2D eigenvalue weighted by molar-refractivity contribution is 5.81. The quantitative estimate of drug-likeness (QED) is 0.610. The van der Waals surface area contributed by atoms with Gasteiger partial charge in [0.15, 0.2) is 11.9 Å². The van der Waals surface area contributed by atoms with Gasteiger partial charge in [0.2, 0.25) is 0 Å². The molecule has 166 valence electrons. The Morgan fingerprint density at radius 1 is 1.22 bits per heavy atom. The van der Waals surface area contributed by atoms with Crippen LogP contribution in [0.4, 0.5) is 4.39 Å². The minimum atomic E-state index is -0.675. The van der Waals surface area contributed by atoms with E-state index in [0.29, 0.717) is 18.0 Å². The van der Waals surface area contributed by atoms with Crippen LogP contribution in [0.5, 0.6) is 5.75 Å². The topological polar surface area (TPSA) is 77.0 Å². The first kappa shape index (κ1) is 21.9. The number of hydrogen-bond donors (Lipinski definition) is 1. The Morgan fingerprint density at radius 3 is 2.62 bits per heavy atom. The zero-order valence-corrected chi connectivity index (χ0v) is 18.5. The van der Waals surface area contributed by atoms with Crippen LogP contribution in [-0.4, -0.2) is 27.0 Å². The van der Waals surface area contributed by atoms with Crippen molar-refractivity contribution in [3.05, 3.63) is 72.1 Å². The molecule has 4 rings (SSSR count). The number of pyridine rings is 1. The fraction of sp³-hybridized carbons (Fsp3) is 0.360. The molecule has 32 heavy (non-hydrogen) atoms. The first-order chi connectivity index (χ1) is 15.3. The highest BCUT2D eigenvalue weighted by atomic mass is 19.1. The van der Waals surface area contributed by atoms with Gasteiger partial charge >= 0.3 is 0 Å². The van der Waals surface area contributed by atoms with Gasteiger partial charge in [0.1, 0.15) is 11.6 Å². The van der Waals surface area contributed by atoms with Crippen LogP contribution in [-0.2, 0) is 11.2 Å². The summed E-state index contributed by atoms with van der Waals surface area (Å²) in [6.07, 6.45) is 6.65. The van der Waals surface area contributed by atoms with Crippen molar-refractivity contribution >= 4 is 5.91 Å². The maximum Gasteiger partial charge on any atom is 0.261 e. The fourth-order valence-electron chi connectivity index (χ4n) is 4.08. The summed E-state index contributed by atoms with van der Waals surface area (Å²) in [6, 6.07) is 9.24. The van der Waals surface area contributed by atoms with Gasteiger partial charge in [-0.05, 0) is 61.1 Å². The van der Waals surface area contributed by atoms with E-state index in [9.17, 15) is 9.18 Å². The second kappa shape index (κ2) is 9.02. The summed E-state index contributed by atoms with van der Waals surface area (Å²) in [6.45, 7) is 6.24. The predicted molar refractivity (Wildman–Crippen MR) is 119 cm³/mol. The molecule has 2 aromatic heterocycles. The second-order valence-corrected chi connectivity index (χ2v) is 8.91. The number of aromatic nitrogens is 3. The molecule has 1 aliphatic carbocycles. The molecule has 1 N–H and O–H groups in total. The summed E-state index contributed by atoms with van der Waals surface area (Å²) >= 11 is 0. The number of ether oxygens (including phenoxy) is 1. The van der Waals surface area contributed by atoms with E-state index < -0.39 is 6.10 Å². The van der Waals surface area contributed by atoms with E-state index in [1.54, 1.807) is 12.4 Å². The average Bonchev–Trinajstić information content (AvgIpc) is 2.78. The van der Waals surface area contributed by atoms with Gasteiger partial charge in [0.05, 0.1) is 11.7 Å². The number of benzene rings is 1. The normalized spacial score (nSPS) is 17.8. The van der Waals surface area contributed by atoms with Crippen molar-refractivity contribution in [3.8, 4) is 17.1 Å². The van der Waals surface area contributed by atoms with Crippen LogP contribution in [0.3, 0.4) is 0 Å². The molecule has 1 amide bonds. The summed E-state index contributed by atoms with van der Waals surface area (Å²) in [5.74, 6) is 0.564. The maximum atomic E-state index is 13.2. The summed E-state index contributed by atoms with van der Waals surface area (Å²) < 4.78 is 19.0. The Labute approximate surface area is 187 Å². The zero-order valence-electron chi connectivity index (χ0n) is 18.5. The number of amides is 1. The summed E-state index contributed by atoms with van der Waals surface area (Å²) in [5, 5.41) is 3.14. The molecule has 0 unspecified atom stereocenters. The van der Waals surface area contributed by atoms with Gasteiger partial charge < -0.3 is 10.1 Å². The number of halogens is 1. The number of nitrogens with zero attached hydrogens (tertiary/aromatic N) is 3. The maximum absolute atomic E-state index is 13.2. The third-order valence-corrected chi connectivity index (χ3v) is 5.69. The second-order valence-electron chi connectivity index (χ2n) is 8.91. The minimum absolute atomic E-state index is 0.0334. The van der Waals surface area contributed by atoms with Crippen molar-refractivity contribution in [1.82, 2.24) is 20.3 Å². The van der Waals surface area contributed by atoms with Crippen molar-refractivity contribution in [2.75, 3.05) is 0 Å². The molecule has 2 atom stereocenters.